The van der Waals surface area contributed by atoms with E-state index in [-0.39, 0.29) is 5.91 Å². The molecule has 0 aliphatic heterocycles. The van der Waals surface area contributed by atoms with Crippen LogP contribution in [-0.4, -0.2) is 36.3 Å². The van der Waals surface area contributed by atoms with Crippen LogP contribution >= 0.6 is 0 Å². The van der Waals surface area contributed by atoms with Crippen molar-refractivity contribution in [1.29, 1.82) is 0 Å². The molecule has 0 fully saturated rings. The smallest absolute Gasteiger partial charge is 0.251 e. The van der Waals surface area contributed by atoms with Crippen molar-refractivity contribution in [2.24, 2.45) is 0 Å². The number of hydrogen-bond acceptors (Lipinski definition) is 3. The van der Waals surface area contributed by atoms with E-state index in [1.807, 2.05) is 90.7 Å². The van der Waals surface area contributed by atoms with Crippen LogP contribution in [0, 0.1) is 0 Å². The van der Waals surface area contributed by atoms with Gasteiger partial charge in [-0.2, -0.15) is 5.10 Å². The van der Waals surface area contributed by atoms with E-state index >= 15 is 0 Å². The number of amides is 1. The van der Waals surface area contributed by atoms with Crippen LogP contribution < -0.4 is 10.2 Å². The number of benzene rings is 2. The zero-order valence-corrected chi connectivity index (χ0v) is 14.5. The molecule has 5 heteroatoms. The standard InChI is InChI=1S/C20H22N4O/c1-23(2)18-10-8-17(9-11-18)20(25)21-13-12-16-14-22-24(15-16)19-6-4-3-5-7-19/h3-11,14-15H,12-13H2,1-2H3,(H,21,25). The molecule has 1 heterocycles. The Morgan fingerprint density at radius 1 is 1.08 bits per heavy atom. The van der Waals surface area contributed by atoms with E-state index in [9.17, 15) is 4.79 Å². The Morgan fingerprint density at radius 2 is 1.80 bits per heavy atom. The van der Waals surface area contributed by atoms with Gasteiger partial charge >= 0.3 is 0 Å². The maximum atomic E-state index is 12.2. The van der Waals surface area contributed by atoms with Crippen molar-refractivity contribution in [3.8, 4) is 5.69 Å². The normalized spacial score (nSPS) is 10.5. The number of hydrogen-bond donors (Lipinski definition) is 1. The molecule has 0 unspecified atom stereocenters. The molecule has 1 N–H and O–H groups in total. The van der Waals surface area contributed by atoms with E-state index in [4.69, 9.17) is 0 Å². The Bertz CT molecular complexity index is 822. The van der Waals surface area contributed by atoms with Crippen LogP contribution in [0.3, 0.4) is 0 Å². The van der Waals surface area contributed by atoms with Gasteiger partial charge in [-0.05, 0) is 48.4 Å². The summed E-state index contributed by atoms with van der Waals surface area (Å²) in [7, 11) is 3.95. The number of aromatic nitrogens is 2. The van der Waals surface area contributed by atoms with Crippen LogP contribution in [0.1, 0.15) is 15.9 Å². The fraction of sp³-hybridized carbons (Fsp3) is 0.200. The van der Waals surface area contributed by atoms with Crippen LogP contribution in [-0.2, 0) is 6.42 Å². The van der Waals surface area contributed by atoms with Crippen molar-refractivity contribution in [1.82, 2.24) is 15.1 Å². The highest BCUT2D eigenvalue weighted by atomic mass is 16.1. The lowest BCUT2D eigenvalue weighted by molar-refractivity contribution is 0.0954. The molecule has 0 bridgehead atoms. The maximum absolute atomic E-state index is 12.2. The van der Waals surface area contributed by atoms with E-state index < -0.39 is 0 Å². The van der Waals surface area contributed by atoms with Gasteiger partial charge in [0.1, 0.15) is 0 Å². The minimum absolute atomic E-state index is 0.0549. The number of anilines is 1. The summed E-state index contributed by atoms with van der Waals surface area (Å²) in [6, 6.07) is 17.5. The van der Waals surface area contributed by atoms with Gasteiger partial charge in [0.25, 0.3) is 5.91 Å². The molecule has 1 amide bonds. The van der Waals surface area contributed by atoms with E-state index in [1.165, 1.54) is 0 Å². The summed E-state index contributed by atoms with van der Waals surface area (Å²) in [4.78, 5) is 14.2. The van der Waals surface area contributed by atoms with Crippen LogP contribution in [0.25, 0.3) is 5.69 Å². The van der Waals surface area contributed by atoms with Crippen molar-refractivity contribution < 1.29 is 4.79 Å². The van der Waals surface area contributed by atoms with Gasteiger partial charge in [-0.15, -0.1) is 0 Å². The van der Waals surface area contributed by atoms with Gasteiger partial charge in [0.05, 0.1) is 11.9 Å². The first-order valence-electron chi connectivity index (χ1n) is 8.28. The molecule has 25 heavy (non-hydrogen) atoms. The molecule has 2 aromatic carbocycles. The van der Waals surface area contributed by atoms with Gasteiger partial charge in [-0.3, -0.25) is 4.79 Å². The number of nitrogens with one attached hydrogen (secondary N) is 1. The predicted molar refractivity (Wildman–Crippen MR) is 100 cm³/mol. The Balaban J connectivity index is 1.53. The zero-order valence-electron chi connectivity index (χ0n) is 14.5. The number of carbonyl (C=O) groups is 1. The summed E-state index contributed by atoms with van der Waals surface area (Å²) >= 11 is 0. The van der Waals surface area contributed by atoms with Gasteiger partial charge in [0.2, 0.25) is 0 Å². The molecule has 0 atom stereocenters. The summed E-state index contributed by atoms with van der Waals surface area (Å²) in [6.45, 7) is 0.578. The molecular weight excluding hydrogens is 312 g/mol. The lowest BCUT2D eigenvalue weighted by Gasteiger charge is -2.12. The molecule has 1 aromatic heterocycles. The van der Waals surface area contributed by atoms with Crippen molar-refractivity contribution in [2.75, 3.05) is 25.5 Å². The minimum atomic E-state index is -0.0549. The number of carbonyl (C=O) groups excluding carboxylic acids is 1. The first-order chi connectivity index (χ1) is 12.1. The first-order valence-corrected chi connectivity index (χ1v) is 8.28. The molecule has 0 aliphatic rings. The zero-order chi connectivity index (χ0) is 17.6. The third-order valence-electron chi connectivity index (χ3n) is 4.00. The van der Waals surface area contributed by atoms with Gasteiger partial charge in [0.15, 0.2) is 0 Å². The Hall–Kier alpha value is -3.08. The lowest BCUT2D eigenvalue weighted by Crippen LogP contribution is -2.25. The summed E-state index contributed by atoms with van der Waals surface area (Å²) in [5.74, 6) is -0.0549. The first kappa shape index (κ1) is 16.8. The highest BCUT2D eigenvalue weighted by Crippen LogP contribution is 2.12. The Labute approximate surface area is 147 Å². The average molecular weight is 334 g/mol. The monoisotopic (exact) mass is 334 g/mol. The number of para-hydroxylation sites is 1. The third-order valence-corrected chi connectivity index (χ3v) is 4.00. The SMILES string of the molecule is CN(C)c1ccc(C(=O)NCCc2cnn(-c3ccccc3)c2)cc1. The Kier molecular flexibility index (Phi) is 5.14. The molecule has 3 rings (SSSR count). The summed E-state index contributed by atoms with van der Waals surface area (Å²) in [5.41, 5.74) is 3.86. The second-order valence-electron chi connectivity index (χ2n) is 6.08. The summed E-state index contributed by atoms with van der Waals surface area (Å²) in [6.07, 6.45) is 4.58. The molecule has 0 aliphatic carbocycles. The van der Waals surface area contributed by atoms with Gasteiger partial charge in [-0.1, -0.05) is 18.2 Å². The van der Waals surface area contributed by atoms with Crippen LogP contribution in [0.2, 0.25) is 0 Å². The van der Waals surface area contributed by atoms with Crippen LogP contribution in [0.4, 0.5) is 5.69 Å². The molecule has 0 radical (unpaired) electrons. The van der Waals surface area contributed by atoms with Crippen molar-refractivity contribution in [2.45, 2.75) is 6.42 Å². The minimum Gasteiger partial charge on any atom is -0.378 e. The summed E-state index contributed by atoms with van der Waals surface area (Å²) < 4.78 is 1.84. The van der Waals surface area contributed by atoms with Crippen molar-refractivity contribution in [3.63, 3.8) is 0 Å². The van der Waals surface area contributed by atoms with Gasteiger partial charge in [0, 0.05) is 38.1 Å². The second-order valence-corrected chi connectivity index (χ2v) is 6.08. The van der Waals surface area contributed by atoms with E-state index in [2.05, 4.69) is 10.4 Å². The second kappa shape index (κ2) is 7.66. The predicted octanol–water partition coefficient (Wildman–Crippen LogP) is 2.91. The number of rotatable bonds is 6. The van der Waals surface area contributed by atoms with E-state index in [1.54, 1.807) is 0 Å². The topological polar surface area (TPSA) is 50.2 Å². The van der Waals surface area contributed by atoms with E-state index in [0.29, 0.717) is 12.1 Å². The molecular formula is C20H22N4O. The average Bonchev–Trinajstić information content (AvgIpc) is 3.11. The van der Waals surface area contributed by atoms with Gasteiger partial charge < -0.3 is 10.2 Å². The van der Waals surface area contributed by atoms with E-state index in [0.717, 1.165) is 23.4 Å². The Morgan fingerprint density at radius 3 is 2.48 bits per heavy atom. The molecule has 0 saturated heterocycles. The highest BCUT2D eigenvalue weighted by molar-refractivity contribution is 5.94. The lowest BCUT2D eigenvalue weighted by atomic mass is 10.2. The fourth-order valence-corrected chi connectivity index (χ4v) is 2.54. The van der Waals surface area contributed by atoms with Crippen molar-refractivity contribution >= 4 is 11.6 Å². The largest absolute Gasteiger partial charge is 0.378 e. The number of nitrogens with zero attached hydrogens (tertiary/aromatic N) is 3. The molecule has 0 saturated carbocycles. The quantitative estimate of drug-likeness (QED) is 0.754. The third kappa shape index (κ3) is 4.26. The molecule has 5 nitrogen and oxygen atoms in total. The molecule has 0 spiro atoms. The molecule has 3 aromatic rings. The highest BCUT2D eigenvalue weighted by Gasteiger charge is 2.06. The van der Waals surface area contributed by atoms with Crippen LogP contribution in [0.5, 0.6) is 0 Å². The molecule has 128 valence electrons. The fourth-order valence-electron chi connectivity index (χ4n) is 2.54. The summed E-state index contributed by atoms with van der Waals surface area (Å²) in [5, 5.41) is 7.32. The van der Waals surface area contributed by atoms with Crippen molar-refractivity contribution in [3.05, 3.63) is 78.1 Å². The van der Waals surface area contributed by atoms with Crippen LogP contribution in [0.15, 0.2) is 67.0 Å². The maximum Gasteiger partial charge on any atom is 0.251 e. The van der Waals surface area contributed by atoms with Gasteiger partial charge in [-0.25, -0.2) is 4.68 Å².